The lowest BCUT2D eigenvalue weighted by atomic mass is 10.1. The Hall–Kier alpha value is -2.95. The molecular formula is C24H25ClF2N6OS. The lowest BCUT2D eigenvalue weighted by Gasteiger charge is -2.29. The Morgan fingerprint density at radius 1 is 1.17 bits per heavy atom. The maximum Gasteiger partial charge on any atom is 0.228 e. The topological polar surface area (TPSA) is 100 Å². The molecule has 0 bridgehead atoms. The Labute approximate surface area is 211 Å². The number of hydrogen-bond acceptors (Lipinski definition) is 8. The first kappa shape index (κ1) is 25.2. The van der Waals surface area contributed by atoms with Crippen LogP contribution in [-0.4, -0.2) is 46.8 Å². The summed E-state index contributed by atoms with van der Waals surface area (Å²) < 4.78 is 37.8. The second kappa shape index (κ2) is 10.8. The van der Waals surface area contributed by atoms with E-state index in [-0.39, 0.29) is 39.9 Å². The summed E-state index contributed by atoms with van der Waals surface area (Å²) in [5.41, 5.74) is 7.23. The molecule has 4 rings (SSSR count). The van der Waals surface area contributed by atoms with Crippen molar-refractivity contribution in [1.82, 2.24) is 14.9 Å². The highest BCUT2D eigenvalue weighted by Crippen LogP contribution is 2.32. The van der Waals surface area contributed by atoms with Gasteiger partial charge in [0.1, 0.15) is 23.6 Å². The van der Waals surface area contributed by atoms with Crippen molar-refractivity contribution in [2.24, 2.45) is 0 Å². The van der Waals surface area contributed by atoms with Crippen LogP contribution in [-0.2, 0) is 0 Å². The molecule has 1 aliphatic heterocycles. The molecule has 0 atom stereocenters. The standard InChI is InChI=1S/C24H25ClF2N6OS/c1-13(28)21-22(29)30-23(31-24(21)34-16-7-9-33(2)10-8-16)14-3-6-19(18(27)11-14)32-35-20-12-15(25)4-5-17(20)26/h3-6,11-12,16,28,32H,7-10H2,1-2H3,(H2,29,30,31). The summed E-state index contributed by atoms with van der Waals surface area (Å²) in [6.07, 6.45) is 1.59. The predicted octanol–water partition coefficient (Wildman–Crippen LogP) is 5.64. The fourth-order valence-electron chi connectivity index (χ4n) is 3.69. The Kier molecular flexibility index (Phi) is 7.73. The van der Waals surface area contributed by atoms with Crippen LogP contribution in [0.5, 0.6) is 5.88 Å². The molecule has 0 spiro atoms. The molecule has 0 radical (unpaired) electrons. The van der Waals surface area contributed by atoms with Gasteiger partial charge in [-0.3, -0.25) is 0 Å². The molecule has 1 fully saturated rings. The van der Waals surface area contributed by atoms with Gasteiger partial charge in [-0.2, -0.15) is 4.98 Å². The Morgan fingerprint density at radius 3 is 2.60 bits per heavy atom. The molecule has 1 saturated heterocycles. The van der Waals surface area contributed by atoms with Crippen molar-refractivity contribution in [3.8, 4) is 17.3 Å². The van der Waals surface area contributed by atoms with Gasteiger partial charge >= 0.3 is 0 Å². The number of nitrogens with zero attached hydrogens (tertiary/aromatic N) is 3. The normalized spacial score (nSPS) is 14.7. The zero-order valence-corrected chi connectivity index (χ0v) is 20.8. The Balaban J connectivity index is 1.58. The van der Waals surface area contributed by atoms with Crippen LogP contribution in [0.2, 0.25) is 5.02 Å². The largest absolute Gasteiger partial charge is 0.474 e. The molecule has 0 aliphatic carbocycles. The third-order valence-electron chi connectivity index (χ3n) is 5.61. The van der Waals surface area contributed by atoms with E-state index in [2.05, 4.69) is 26.6 Å². The average molecular weight is 519 g/mol. The van der Waals surface area contributed by atoms with E-state index in [1.165, 1.54) is 30.3 Å². The van der Waals surface area contributed by atoms with E-state index in [9.17, 15) is 8.78 Å². The second-order valence-corrected chi connectivity index (χ2v) is 9.62. The smallest absolute Gasteiger partial charge is 0.228 e. The minimum atomic E-state index is -0.579. The van der Waals surface area contributed by atoms with E-state index in [4.69, 9.17) is 27.5 Å². The van der Waals surface area contributed by atoms with Crippen molar-refractivity contribution >= 4 is 40.8 Å². The third kappa shape index (κ3) is 6.01. The third-order valence-corrected chi connectivity index (χ3v) is 6.70. The van der Waals surface area contributed by atoms with Crippen molar-refractivity contribution < 1.29 is 13.5 Å². The van der Waals surface area contributed by atoms with E-state index >= 15 is 0 Å². The minimum Gasteiger partial charge on any atom is -0.474 e. The lowest BCUT2D eigenvalue weighted by molar-refractivity contribution is 0.110. The predicted molar refractivity (Wildman–Crippen MR) is 136 cm³/mol. The van der Waals surface area contributed by atoms with Gasteiger partial charge in [-0.25, -0.2) is 13.8 Å². The van der Waals surface area contributed by atoms with Crippen LogP contribution in [0.4, 0.5) is 20.3 Å². The first-order chi connectivity index (χ1) is 16.7. The summed E-state index contributed by atoms with van der Waals surface area (Å²) in [6.45, 7) is 3.39. The number of halogens is 3. The number of hydrogen-bond donors (Lipinski definition) is 3. The number of rotatable bonds is 7. The van der Waals surface area contributed by atoms with Gasteiger partial charge in [-0.1, -0.05) is 11.6 Å². The molecule has 0 unspecified atom stereocenters. The number of aromatic nitrogens is 2. The lowest BCUT2D eigenvalue weighted by Crippen LogP contribution is -2.36. The van der Waals surface area contributed by atoms with Gasteiger partial charge in [0, 0.05) is 29.4 Å². The Bertz CT molecular complexity index is 1250. The summed E-state index contributed by atoms with van der Waals surface area (Å²) in [5.74, 6) is -0.533. The second-order valence-electron chi connectivity index (χ2n) is 8.33. The maximum absolute atomic E-state index is 14.9. The van der Waals surface area contributed by atoms with Crippen molar-refractivity contribution in [2.75, 3.05) is 30.6 Å². The number of likely N-dealkylation sites (tertiary alicyclic amines) is 1. The summed E-state index contributed by atoms with van der Waals surface area (Å²) in [5, 5.41) is 8.47. The molecule has 4 N–H and O–H groups in total. The highest BCUT2D eigenvalue weighted by Gasteiger charge is 2.23. The highest BCUT2D eigenvalue weighted by molar-refractivity contribution is 8.00. The summed E-state index contributed by atoms with van der Waals surface area (Å²) >= 11 is 6.82. The van der Waals surface area contributed by atoms with Crippen LogP contribution in [0, 0.1) is 17.0 Å². The molecule has 35 heavy (non-hydrogen) atoms. The van der Waals surface area contributed by atoms with Crippen LogP contribution in [0.3, 0.4) is 0 Å². The monoisotopic (exact) mass is 518 g/mol. The molecule has 184 valence electrons. The number of nitrogens with one attached hydrogen (secondary N) is 2. The summed E-state index contributed by atoms with van der Waals surface area (Å²) in [6, 6.07) is 8.55. The molecule has 0 amide bonds. The minimum absolute atomic E-state index is 0.0568. The molecule has 1 aliphatic rings. The number of anilines is 2. The van der Waals surface area contributed by atoms with Crippen LogP contribution < -0.4 is 15.2 Å². The van der Waals surface area contributed by atoms with Gasteiger partial charge in [0.05, 0.1) is 16.1 Å². The summed E-state index contributed by atoms with van der Waals surface area (Å²) in [4.78, 5) is 11.3. The van der Waals surface area contributed by atoms with Crippen LogP contribution in [0.25, 0.3) is 11.4 Å². The van der Waals surface area contributed by atoms with E-state index < -0.39 is 11.6 Å². The van der Waals surface area contributed by atoms with E-state index in [0.717, 1.165) is 37.9 Å². The quantitative estimate of drug-likeness (QED) is 0.275. The fraction of sp³-hybridized carbons (Fsp3) is 0.292. The van der Waals surface area contributed by atoms with Crippen LogP contribution in [0.1, 0.15) is 25.3 Å². The Morgan fingerprint density at radius 2 is 1.91 bits per heavy atom. The first-order valence-corrected chi connectivity index (χ1v) is 12.2. The number of ether oxygens (including phenoxy) is 1. The SMILES string of the molecule is CC(=N)c1c(N)nc(-c2ccc(NSc3cc(Cl)ccc3F)c(F)c2)nc1OC1CCN(C)CC1. The number of nitrogens with two attached hydrogens (primary N) is 1. The molecule has 3 aromatic rings. The van der Waals surface area contributed by atoms with Crippen molar-refractivity contribution in [3.63, 3.8) is 0 Å². The van der Waals surface area contributed by atoms with Gasteiger partial charge in [-0.05, 0) is 75.2 Å². The van der Waals surface area contributed by atoms with Crippen LogP contribution in [0.15, 0.2) is 41.3 Å². The molecule has 7 nitrogen and oxygen atoms in total. The number of benzene rings is 2. The first-order valence-electron chi connectivity index (χ1n) is 11.0. The fourth-order valence-corrected chi connectivity index (χ4v) is 4.66. The van der Waals surface area contributed by atoms with Crippen molar-refractivity contribution in [3.05, 3.63) is 58.6 Å². The van der Waals surface area contributed by atoms with Gasteiger partial charge in [0.15, 0.2) is 5.82 Å². The van der Waals surface area contributed by atoms with E-state index in [0.29, 0.717) is 16.1 Å². The van der Waals surface area contributed by atoms with Crippen LogP contribution >= 0.6 is 23.5 Å². The molecule has 2 heterocycles. The zero-order chi connectivity index (χ0) is 25.1. The molecule has 1 aromatic heterocycles. The number of piperidine rings is 1. The van der Waals surface area contributed by atoms with Gasteiger partial charge in [0.25, 0.3) is 0 Å². The van der Waals surface area contributed by atoms with Crippen molar-refractivity contribution in [1.29, 1.82) is 5.41 Å². The van der Waals surface area contributed by atoms with E-state index in [1.54, 1.807) is 13.0 Å². The van der Waals surface area contributed by atoms with Gasteiger partial charge in [0.2, 0.25) is 5.88 Å². The zero-order valence-electron chi connectivity index (χ0n) is 19.2. The highest BCUT2D eigenvalue weighted by atomic mass is 35.5. The number of nitrogen functional groups attached to an aromatic ring is 1. The molecular weight excluding hydrogens is 494 g/mol. The van der Waals surface area contributed by atoms with Crippen molar-refractivity contribution in [2.45, 2.75) is 30.8 Å². The molecule has 2 aromatic carbocycles. The summed E-state index contributed by atoms with van der Waals surface area (Å²) in [7, 11) is 2.06. The van der Waals surface area contributed by atoms with Gasteiger partial charge in [-0.15, -0.1) is 0 Å². The van der Waals surface area contributed by atoms with Gasteiger partial charge < -0.3 is 25.5 Å². The maximum atomic E-state index is 14.9. The molecule has 11 heteroatoms. The average Bonchev–Trinajstić information content (AvgIpc) is 2.81. The van der Waals surface area contributed by atoms with E-state index in [1.807, 2.05) is 0 Å². The molecule has 0 saturated carbocycles.